The summed E-state index contributed by atoms with van der Waals surface area (Å²) in [5.41, 5.74) is 1.31. The summed E-state index contributed by atoms with van der Waals surface area (Å²) < 4.78 is 11.5. The third-order valence-corrected chi connectivity index (χ3v) is 4.66. The average Bonchev–Trinajstić information content (AvgIpc) is 3.06. The Morgan fingerprint density at radius 1 is 1.04 bits per heavy atom. The molecule has 1 fully saturated rings. The molecule has 0 aliphatic carbocycles. The van der Waals surface area contributed by atoms with Crippen LogP contribution in [0.25, 0.3) is 0 Å². The van der Waals surface area contributed by atoms with Gasteiger partial charge in [-0.2, -0.15) is 0 Å². The van der Waals surface area contributed by atoms with Gasteiger partial charge in [0, 0.05) is 11.6 Å². The first-order chi connectivity index (χ1) is 12.2. The second kappa shape index (κ2) is 10.8. The Balaban J connectivity index is 0.00000243. The number of para-hydroxylation sites is 2. The highest BCUT2D eigenvalue weighted by Crippen LogP contribution is 2.25. The van der Waals surface area contributed by atoms with Crippen molar-refractivity contribution in [2.24, 2.45) is 0 Å². The number of hydrogen-bond donors (Lipinski definition) is 1. The number of nitrogens with zero attached hydrogens (tertiary/aromatic N) is 1. The molecule has 1 heterocycles. The Hall–Kier alpha value is -1.27. The van der Waals surface area contributed by atoms with E-state index in [-0.39, 0.29) is 17.0 Å². The number of ether oxygens (including phenoxy) is 2. The van der Waals surface area contributed by atoms with Gasteiger partial charge < -0.3 is 31.4 Å². The van der Waals surface area contributed by atoms with Gasteiger partial charge in [0.1, 0.15) is 19.8 Å². The zero-order valence-corrected chi connectivity index (χ0v) is 17.4. The van der Waals surface area contributed by atoms with Crippen molar-refractivity contribution in [3.63, 3.8) is 0 Å². The van der Waals surface area contributed by atoms with Gasteiger partial charge in [-0.3, -0.25) is 0 Å². The number of nitrogens with one attached hydrogen (secondary N) is 1. The van der Waals surface area contributed by atoms with E-state index in [1.807, 2.05) is 43.3 Å². The predicted molar refractivity (Wildman–Crippen MR) is 101 cm³/mol. The van der Waals surface area contributed by atoms with Crippen LogP contribution in [0.4, 0.5) is 0 Å². The lowest BCUT2D eigenvalue weighted by atomic mass is 10.2. The van der Waals surface area contributed by atoms with Gasteiger partial charge in [-0.1, -0.05) is 35.9 Å². The van der Waals surface area contributed by atoms with Crippen molar-refractivity contribution >= 4 is 11.6 Å². The highest BCUT2D eigenvalue weighted by atomic mass is 79.9. The topological polar surface area (TPSA) is 26.1 Å². The van der Waals surface area contributed by atoms with Crippen LogP contribution in [0.15, 0.2) is 48.5 Å². The summed E-state index contributed by atoms with van der Waals surface area (Å²) in [5, 5.41) is 0.793. The molecule has 0 amide bonds. The molecular weight excluding hydrogens is 416 g/mol. The van der Waals surface area contributed by atoms with Crippen LogP contribution in [0.1, 0.15) is 12.5 Å². The standard InChI is InChI=1S/C20H25ClN2O2.BrH/c1-2-24-19-5-3-4-6-20(19)25-14-13-22-11-12-23(16-22)15-17-7-9-18(21)10-8-17;/h3-10H,2,11-16H2,1H3;1H. The van der Waals surface area contributed by atoms with Crippen LogP contribution >= 0.6 is 11.6 Å². The van der Waals surface area contributed by atoms with Crippen molar-refractivity contribution in [3.05, 3.63) is 59.1 Å². The Morgan fingerprint density at radius 2 is 1.73 bits per heavy atom. The smallest absolute Gasteiger partial charge is 0.161 e. The quantitative estimate of drug-likeness (QED) is 0.597. The van der Waals surface area contributed by atoms with Crippen molar-refractivity contribution < 1.29 is 31.4 Å². The largest absolute Gasteiger partial charge is 1.00 e. The minimum absolute atomic E-state index is 0. The Morgan fingerprint density at radius 3 is 2.42 bits per heavy atom. The Kier molecular flexibility index (Phi) is 8.72. The summed E-state index contributed by atoms with van der Waals surface area (Å²) in [5.74, 6) is 1.66. The first kappa shape index (κ1) is 21.0. The molecule has 0 aromatic heterocycles. The molecule has 0 spiro atoms. The molecule has 26 heavy (non-hydrogen) atoms. The first-order valence-corrected chi connectivity index (χ1v) is 9.27. The molecule has 0 saturated carbocycles. The molecule has 1 atom stereocenters. The van der Waals surface area contributed by atoms with Crippen molar-refractivity contribution in [3.8, 4) is 11.5 Å². The monoisotopic (exact) mass is 440 g/mol. The molecule has 6 heteroatoms. The van der Waals surface area contributed by atoms with E-state index in [9.17, 15) is 0 Å². The maximum Gasteiger partial charge on any atom is 0.161 e. The number of benzene rings is 2. The van der Waals surface area contributed by atoms with E-state index in [4.69, 9.17) is 21.1 Å². The highest BCUT2D eigenvalue weighted by Gasteiger charge is 2.23. The zero-order valence-electron chi connectivity index (χ0n) is 15.1. The molecule has 2 aromatic rings. The van der Waals surface area contributed by atoms with E-state index >= 15 is 0 Å². The molecule has 2 aromatic carbocycles. The minimum Gasteiger partial charge on any atom is -1.00 e. The number of quaternary nitrogens is 1. The lowest BCUT2D eigenvalue weighted by Crippen LogP contribution is -3.11. The zero-order chi connectivity index (χ0) is 17.5. The molecule has 0 radical (unpaired) electrons. The van der Waals surface area contributed by atoms with E-state index in [0.29, 0.717) is 13.2 Å². The predicted octanol–water partition coefficient (Wildman–Crippen LogP) is -0.520. The lowest BCUT2D eigenvalue weighted by molar-refractivity contribution is -0.892. The summed E-state index contributed by atoms with van der Waals surface area (Å²) in [4.78, 5) is 4.04. The van der Waals surface area contributed by atoms with Crippen LogP contribution in [0.5, 0.6) is 11.5 Å². The molecule has 1 aliphatic rings. The van der Waals surface area contributed by atoms with E-state index in [1.54, 1.807) is 4.90 Å². The molecule has 4 nitrogen and oxygen atoms in total. The van der Waals surface area contributed by atoms with Gasteiger partial charge in [0.05, 0.1) is 19.7 Å². The van der Waals surface area contributed by atoms with Crippen LogP contribution in [-0.4, -0.2) is 44.4 Å². The summed E-state index contributed by atoms with van der Waals surface area (Å²) in [6, 6.07) is 16.0. The number of halogens is 2. The molecule has 3 rings (SSSR count). The average molecular weight is 442 g/mol. The molecule has 142 valence electrons. The fraction of sp³-hybridized carbons (Fsp3) is 0.400. The molecule has 1 N–H and O–H groups in total. The van der Waals surface area contributed by atoms with Crippen molar-refractivity contribution in [1.82, 2.24) is 4.90 Å². The second-order valence-electron chi connectivity index (χ2n) is 6.32. The number of hydrogen-bond acceptors (Lipinski definition) is 3. The van der Waals surface area contributed by atoms with Gasteiger partial charge in [0.25, 0.3) is 0 Å². The Bertz CT molecular complexity index is 669. The van der Waals surface area contributed by atoms with Gasteiger partial charge in [-0.15, -0.1) is 0 Å². The maximum absolute atomic E-state index is 5.95. The molecular formula is C20H26BrClN2O2. The van der Waals surface area contributed by atoms with Crippen molar-refractivity contribution in [2.45, 2.75) is 13.5 Å². The van der Waals surface area contributed by atoms with Crippen LogP contribution in [0, 0.1) is 0 Å². The van der Waals surface area contributed by atoms with Crippen LogP contribution < -0.4 is 31.4 Å². The van der Waals surface area contributed by atoms with Crippen molar-refractivity contribution in [2.75, 3.05) is 39.5 Å². The lowest BCUT2D eigenvalue weighted by Gasteiger charge is -2.16. The Labute approximate surface area is 171 Å². The summed E-state index contributed by atoms with van der Waals surface area (Å²) >= 11 is 5.95. The SMILES string of the molecule is CCOc1ccccc1OCC[NH+]1CCN(Cc2ccc(Cl)cc2)C1.[Br-]. The summed E-state index contributed by atoms with van der Waals surface area (Å²) in [6.45, 7) is 8.65. The molecule has 1 unspecified atom stereocenters. The van der Waals surface area contributed by atoms with Gasteiger partial charge >= 0.3 is 0 Å². The fourth-order valence-electron chi connectivity index (χ4n) is 3.13. The third kappa shape index (κ3) is 6.16. The van der Waals surface area contributed by atoms with Gasteiger partial charge in [-0.25, -0.2) is 4.90 Å². The van der Waals surface area contributed by atoms with Crippen LogP contribution in [0.3, 0.4) is 0 Å². The second-order valence-corrected chi connectivity index (χ2v) is 6.75. The normalized spacial score (nSPS) is 16.9. The molecule has 0 bridgehead atoms. The van der Waals surface area contributed by atoms with Crippen LogP contribution in [0.2, 0.25) is 5.02 Å². The van der Waals surface area contributed by atoms with E-state index in [1.165, 1.54) is 5.56 Å². The molecule has 1 aliphatic heterocycles. The van der Waals surface area contributed by atoms with E-state index in [2.05, 4.69) is 17.0 Å². The van der Waals surface area contributed by atoms with Gasteiger partial charge in [-0.05, 0) is 36.8 Å². The summed E-state index contributed by atoms with van der Waals surface area (Å²) in [6.07, 6.45) is 0. The van der Waals surface area contributed by atoms with Crippen molar-refractivity contribution in [1.29, 1.82) is 0 Å². The summed E-state index contributed by atoms with van der Waals surface area (Å²) in [7, 11) is 0. The third-order valence-electron chi connectivity index (χ3n) is 4.41. The van der Waals surface area contributed by atoms with E-state index in [0.717, 1.165) is 49.4 Å². The van der Waals surface area contributed by atoms with E-state index < -0.39 is 0 Å². The van der Waals surface area contributed by atoms with Gasteiger partial charge in [0.15, 0.2) is 11.5 Å². The molecule has 1 saturated heterocycles. The fourth-order valence-corrected chi connectivity index (χ4v) is 3.25. The van der Waals surface area contributed by atoms with Gasteiger partial charge in [0.2, 0.25) is 0 Å². The number of rotatable bonds is 8. The highest BCUT2D eigenvalue weighted by molar-refractivity contribution is 6.30. The maximum atomic E-state index is 5.95. The van der Waals surface area contributed by atoms with Crippen LogP contribution in [-0.2, 0) is 6.54 Å². The first-order valence-electron chi connectivity index (χ1n) is 8.89. The minimum atomic E-state index is 0.